The highest BCUT2D eigenvalue weighted by Crippen LogP contribution is 2.14. The van der Waals surface area contributed by atoms with Crippen molar-refractivity contribution in [2.75, 3.05) is 13.2 Å². The normalized spacial score (nSPS) is 12.2. The van der Waals surface area contributed by atoms with Gasteiger partial charge in [0.15, 0.2) is 0 Å². The predicted molar refractivity (Wildman–Crippen MR) is 108 cm³/mol. The molecular formula is C21H27N3O5. The minimum Gasteiger partial charge on any atom is -0.490 e. The van der Waals surface area contributed by atoms with Crippen molar-refractivity contribution >= 4 is 11.9 Å². The van der Waals surface area contributed by atoms with Crippen LogP contribution in [0.15, 0.2) is 54.9 Å². The van der Waals surface area contributed by atoms with Crippen molar-refractivity contribution in [3.63, 3.8) is 0 Å². The van der Waals surface area contributed by atoms with Crippen LogP contribution in [0.4, 0.5) is 0 Å². The topological polar surface area (TPSA) is 103 Å². The number of nitrogens with one attached hydrogen (secondary N) is 1. The van der Waals surface area contributed by atoms with Gasteiger partial charge >= 0.3 is 11.9 Å². The molecule has 1 aromatic heterocycles. The van der Waals surface area contributed by atoms with Gasteiger partial charge in [-0.1, -0.05) is 26.0 Å². The fraction of sp³-hybridized carbons (Fsp3) is 0.381. The number of benzene rings is 1. The van der Waals surface area contributed by atoms with Crippen LogP contribution in [0.2, 0.25) is 0 Å². The zero-order chi connectivity index (χ0) is 21.1. The Kier molecular flexibility index (Phi) is 8.91. The lowest BCUT2D eigenvalue weighted by Crippen LogP contribution is -2.38. The molecule has 2 aromatic rings. The molecule has 0 saturated carbocycles. The van der Waals surface area contributed by atoms with E-state index in [2.05, 4.69) is 10.4 Å². The number of hydrogen-bond donors (Lipinski definition) is 2. The van der Waals surface area contributed by atoms with Gasteiger partial charge in [0.05, 0.1) is 0 Å². The van der Waals surface area contributed by atoms with E-state index >= 15 is 0 Å². The van der Waals surface area contributed by atoms with Crippen molar-refractivity contribution in [2.45, 2.75) is 39.0 Å². The van der Waals surface area contributed by atoms with Gasteiger partial charge in [-0.25, -0.2) is 9.59 Å². The lowest BCUT2D eigenvalue weighted by Gasteiger charge is -2.20. The number of ether oxygens (including phenoxy) is 2. The van der Waals surface area contributed by atoms with E-state index in [9.17, 15) is 9.59 Å². The van der Waals surface area contributed by atoms with Crippen LogP contribution >= 0.6 is 0 Å². The zero-order valence-corrected chi connectivity index (χ0v) is 16.7. The predicted octanol–water partition coefficient (Wildman–Crippen LogP) is 2.06. The van der Waals surface area contributed by atoms with Crippen LogP contribution in [0, 0.1) is 0 Å². The summed E-state index contributed by atoms with van der Waals surface area (Å²) < 4.78 is 12.9. The highest BCUT2D eigenvalue weighted by molar-refractivity contribution is 5.90. The van der Waals surface area contributed by atoms with Gasteiger partial charge in [-0.15, -0.1) is 0 Å². The summed E-state index contributed by atoms with van der Waals surface area (Å²) in [5.41, 5.74) is 1.16. The van der Waals surface area contributed by atoms with E-state index in [4.69, 9.17) is 14.6 Å². The van der Waals surface area contributed by atoms with Crippen LogP contribution in [-0.2, 0) is 27.3 Å². The van der Waals surface area contributed by atoms with Crippen molar-refractivity contribution in [3.05, 3.63) is 60.4 Å². The number of aliphatic carboxylic acids is 1. The minimum absolute atomic E-state index is 0.152. The Labute approximate surface area is 170 Å². The third kappa shape index (κ3) is 9.07. The Bertz CT molecular complexity index is 785. The fourth-order valence-electron chi connectivity index (χ4n) is 2.46. The smallest absolute Gasteiger partial charge is 0.331 e. The van der Waals surface area contributed by atoms with Crippen molar-refractivity contribution in [3.8, 4) is 5.75 Å². The molecule has 1 unspecified atom stereocenters. The van der Waals surface area contributed by atoms with E-state index in [1.807, 2.05) is 55.1 Å². The number of carbonyl (C=O) groups is 2. The zero-order valence-electron chi connectivity index (χ0n) is 16.7. The van der Waals surface area contributed by atoms with Gasteiger partial charge < -0.3 is 19.9 Å². The van der Waals surface area contributed by atoms with Crippen molar-refractivity contribution in [2.24, 2.45) is 0 Å². The molecule has 1 heterocycles. The molecule has 2 N–H and O–H groups in total. The summed E-state index contributed by atoms with van der Waals surface area (Å²) in [6.07, 6.45) is 5.62. The molecule has 1 atom stereocenters. The maximum Gasteiger partial charge on any atom is 0.331 e. The molecule has 0 bridgehead atoms. The molecule has 8 nitrogen and oxygen atoms in total. The van der Waals surface area contributed by atoms with E-state index in [-0.39, 0.29) is 12.6 Å². The number of carbonyl (C=O) groups excluding carboxylic acids is 1. The number of aromatic nitrogens is 2. The summed E-state index contributed by atoms with van der Waals surface area (Å²) in [5.74, 6) is -1.26. The number of carboxylic acids is 1. The highest BCUT2D eigenvalue weighted by atomic mass is 16.6. The molecule has 0 aliphatic rings. The lowest BCUT2D eigenvalue weighted by atomic mass is 10.1. The average molecular weight is 401 g/mol. The van der Waals surface area contributed by atoms with Crippen molar-refractivity contribution in [1.82, 2.24) is 15.1 Å². The first kappa shape index (κ1) is 22.2. The van der Waals surface area contributed by atoms with E-state index < -0.39 is 18.0 Å². The molecule has 0 amide bonds. The molecule has 1 aromatic carbocycles. The fourth-order valence-corrected chi connectivity index (χ4v) is 2.46. The van der Waals surface area contributed by atoms with Gasteiger partial charge in [-0.2, -0.15) is 5.10 Å². The maximum absolute atomic E-state index is 11.8. The summed E-state index contributed by atoms with van der Waals surface area (Å²) in [5, 5.41) is 16.0. The molecule has 0 radical (unpaired) electrons. The highest BCUT2D eigenvalue weighted by Gasteiger charge is 2.15. The van der Waals surface area contributed by atoms with E-state index in [0.717, 1.165) is 30.7 Å². The number of hydrogen-bond acceptors (Lipinski definition) is 6. The molecule has 156 valence electrons. The maximum atomic E-state index is 11.8. The molecule has 0 aliphatic heterocycles. The number of esters is 1. The van der Waals surface area contributed by atoms with Gasteiger partial charge in [0.2, 0.25) is 0 Å². The standard InChI is InChI=1S/C21H27N3O5/c1-16(2)22-14-19(29-21(27)9-8-20(25)26)15-28-18-6-4-17(5-7-18)10-13-24-12-3-11-23-24/h3-9,11-12,16,19,22H,10,13-15H2,1-2H3,(H,25,26)/b9-8-. The largest absolute Gasteiger partial charge is 0.490 e. The molecule has 8 heteroatoms. The van der Waals surface area contributed by atoms with Gasteiger partial charge in [0, 0.05) is 43.7 Å². The molecule has 0 spiro atoms. The SMILES string of the molecule is CC(C)NCC(COc1ccc(CCn2cccn2)cc1)OC(=O)/C=C\C(=O)O. The summed E-state index contributed by atoms with van der Waals surface area (Å²) >= 11 is 0. The third-order valence-corrected chi connectivity index (χ3v) is 3.95. The molecule has 0 aliphatic carbocycles. The quantitative estimate of drug-likeness (QED) is 0.414. The molecule has 0 saturated heterocycles. The Morgan fingerprint density at radius 1 is 1.24 bits per heavy atom. The first-order valence-corrected chi connectivity index (χ1v) is 9.46. The van der Waals surface area contributed by atoms with Crippen LogP contribution in [-0.4, -0.2) is 52.1 Å². The summed E-state index contributed by atoms with van der Waals surface area (Å²) in [6, 6.07) is 9.82. The molecule has 2 rings (SSSR count). The van der Waals surface area contributed by atoms with E-state index in [0.29, 0.717) is 12.3 Å². The van der Waals surface area contributed by atoms with E-state index in [1.54, 1.807) is 6.20 Å². The Hall–Kier alpha value is -3.13. The number of aryl methyl sites for hydroxylation is 2. The van der Waals surface area contributed by atoms with Crippen LogP contribution in [0.5, 0.6) is 5.75 Å². The van der Waals surface area contributed by atoms with Crippen LogP contribution in [0.3, 0.4) is 0 Å². The van der Waals surface area contributed by atoms with Crippen molar-refractivity contribution < 1.29 is 24.2 Å². The lowest BCUT2D eigenvalue weighted by molar-refractivity contribution is -0.144. The van der Waals surface area contributed by atoms with Gasteiger partial charge in [-0.3, -0.25) is 4.68 Å². The van der Waals surface area contributed by atoms with Crippen LogP contribution < -0.4 is 10.1 Å². The third-order valence-electron chi connectivity index (χ3n) is 3.95. The second-order valence-corrected chi connectivity index (χ2v) is 6.77. The average Bonchev–Trinajstić information content (AvgIpc) is 3.21. The second-order valence-electron chi connectivity index (χ2n) is 6.77. The van der Waals surface area contributed by atoms with Crippen molar-refractivity contribution in [1.29, 1.82) is 0 Å². The van der Waals surface area contributed by atoms with Gasteiger partial charge in [0.25, 0.3) is 0 Å². The van der Waals surface area contributed by atoms with Gasteiger partial charge in [-0.05, 0) is 30.2 Å². The molecule has 0 fully saturated rings. The molecule has 29 heavy (non-hydrogen) atoms. The second kappa shape index (κ2) is 11.7. The Morgan fingerprint density at radius 2 is 2.00 bits per heavy atom. The number of carboxylic acid groups (broad SMARTS) is 1. The molecular weight excluding hydrogens is 374 g/mol. The number of nitrogens with zero attached hydrogens (tertiary/aromatic N) is 2. The van der Waals surface area contributed by atoms with Crippen LogP contribution in [0.25, 0.3) is 0 Å². The monoisotopic (exact) mass is 401 g/mol. The first-order valence-electron chi connectivity index (χ1n) is 9.46. The summed E-state index contributed by atoms with van der Waals surface area (Å²) in [4.78, 5) is 22.3. The Balaban J connectivity index is 1.85. The Morgan fingerprint density at radius 3 is 2.62 bits per heavy atom. The summed E-state index contributed by atoms with van der Waals surface area (Å²) in [7, 11) is 0. The summed E-state index contributed by atoms with van der Waals surface area (Å²) in [6.45, 7) is 5.30. The first-order chi connectivity index (χ1) is 13.9. The van der Waals surface area contributed by atoms with E-state index in [1.165, 1.54) is 0 Å². The minimum atomic E-state index is -1.21. The van der Waals surface area contributed by atoms with Crippen LogP contribution in [0.1, 0.15) is 19.4 Å². The number of rotatable bonds is 12. The van der Waals surface area contributed by atoms with Gasteiger partial charge in [0.1, 0.15) is 18.5 Å².